The van der Waals surface area contributed by atoms with E-state index in [1.807, 2.05) is 0 Å². The molecule has 0 aliphatic heterocycles. The number of aromatic nitrogens is 1. The first-order chi connectivity index (χ1) is 13.0. The minimum Gasteiger partial charge on any atom is -0.320 e. The number of alkyl halides is 3. The molecule has 0 aliphatic carbocycles. The summed E-state index contributed by atoms with van der Waals surface area (Å²) in [7, 11) is -2.33. The summed E-state index contributed by atoms with van der Waals surface area (Å²) < 4.78 is 63.6. The Labute approximate surface area is 184 Å². The summed E-state index contributed by atoms with van der Waals surface area (Å²) in [6.45, 7) is 0. The van der Waals surface area contributed by atoms with Crippen molar-refractivity contribution in [3.05, 3.63) is 63.2 Å². The maximum atomic E-state index is 12.9. The Morgan fingerprint density at radius 3 is 2.48 bits per heavy atom. The number of halogens is 5. The van der Waals surface area contributed by atoms with Crippen LogP contribution in [0.4, 0.5) is 18.9 Å². The largest absolute Gasteiger partial charge is 0.416 e. The first-order valence-electron chi connectivity index (χ1n) is 7.66. The number of hydrogen-bond acceptors (Lipinski definition) is 4. The van der Waals surface area contributed by atoms with E-state index in [1.165, 1.54) is 35.6 Å². The van der Waals surface area contributed by atoms with Crippen molar-refractivity contribution in [3.63, 3.8) is 0 Å². The van der Waals surface area contributed by atoms with E-state index in [4.69, 9.17) is 16.7 Å². The Hall–Kier alpha value is -1.66. The van der Waals surface area contributed by atoms with E-state index in [2.05, 4.69) is 4.99 Å². The maximum Gasteiger partial charge on any atom is 0.416 e. The molecule has 1 aromatic heterocycles. The van der Waals surface area contributed by atoms with Gasteiger partial charge >= 0.3 is 6.18 Å². The predicted molar refractivity (Wildman–Crippen MR) is 112 cm³/mol. The van der Waals surface area contributed by atoms with E-state index < -0.39 is 21.8 Å². The number of benzene rings is 2. The molecule has 2 aromatic carbocycles. The molecule has 0 fully saturated rings. The number of thiazole rings is 1. The highest BCUT2D eigenvalue weighted by molar-refractivity contribution is 8.93. The summed E-state index contributed by atoms with van der Waals surface area (Å²) in [5.74, 6) is 0. The molecule has 156 valence electrons. The molecule has 0 spiro atoms. The van der Waals surface area contributed by atoms with Gasteiger partial charge in [-0.2, -0.15) is 13.2 Å². The molecule has 0 bridgehead atoms. The van der Waals surface area contributed by atoms with Crippen LogP contribution in [0.1, 0.15) is 5.56 Å². The quantitative estimate of drug-likeness (QED) is 0.526. The monoisotopic (exact) mass is 527 g/mol. The van der Waals surface area contributed by atoms with Crippen LogP contribution < -0.4 is 9.94 Å². The standard InChI is InChI=1S/C17H13ClF3N3O2S2.BrH/c1-24-14(10-5-6-13(18)15(7-10)28(22,25)26)9-27-16(24)23-12-4-2-3-11(8-12)17(19,20)21;/h2-9H,1H3,(H2,22,25,26);1H/b23-16+;. The minimum atomic E-state index is -4.46. The van der Waals surface area contributed by atoms with E-state index in [1.54, 1.807) is 23.1 Å². The van der Waals surface area contributed by atoms with Crippen LogP contribution in [-0.2, 0) is 23.2 Å². The van der Waals surface area contributed by atoms with E-state index in [0.29, 0.717) is 16.1 Å². The summed E-state index contributed by atoms with van der Waals surface area (Å²) in [6, 6.07) is 9.06. The van der Waals surface area contributed by atoms with Crippen LogP contribution in [-0.4, -0.2) is 13.0 Å². The Kier molecular flexibility index (Phi) is 7.01. The minimum absolute atomic E-state index is 0. The lowest BCUT2D eigenvalue weighted by Crippen LogP contribution is -2.14. The zero-order valence-corrected chi connectivity index (χ0v) is 18.7. The fourth-order valence-corrected chi connectivity index (χ4v) is 4.47. The van der Waals surface area contributed by atoms with Crippen LogP contribution in [0.15, 0.2) is 57.7 Å². The Morgan fingerprint density at radius 1 is 1.17 bits per heavy atom. The average molecular weight is 529 g/mol. The topological polar surface area (TPSA) is 77.5 Å². The zero-order chi connectivity index (χ0) is 20.7. The average Bonchev–Trinajstić information content (AvgIpc) is 2.95. The second kappa shape index (κ2) is 8.60. The fourth-order valence-electron chi connectivity index (χ4n) is 2.48. The molecule has 0 radical (unpaired) electrons. The van der Waals surface area contributed by atoms with Gasteiger partial charge in [0.1, 0.15) is 4.90 Å². The number of hydrogen-bond donors (Lipinski definition) is 1. The van der Waals surface area contributed by atoms with Gasteiger partial charge in [0.25, 0.3) is 0 Å². The molecule has 0 unspecified atom stereocenters. The highest BCUT2D eigenvalue weighted by Gasteiger charge is 2.30. The highest BCUT2D eigenvalue weighted by Crippen LogP contribution is 2.31. The molecular formula is C17H14BrClF3N3O2S2. The van der Waals surface area contributed by atoms with Crippen molar-refractivity contribution in [1.29, 1.82) is 0 Å². The third kappa shape index (κ3) is 5.28. The van der Waals surface area contributed by atoms with Crippen LogP contribution in [0.5, 0.6) is 0 Å². The molecule has 12 heteroatoms. The first kappa shape index (κ1) is 23.6. The Morgan fingerprint density at radius 2 is 1.86 bits per heavy atom. The molecule has 5 nitrogen and oxygen atoms in total. The van der Waals surface area contributed by atoms with Crippen molar-refractivity contribution in [1.82, 2.24) is 4.57 Å². The molecule has 29 heavy (non-hydrogen) atoms. The van der Waals surface area contributed by atoms with Crippen molar-refractivity contribution < 1.29 is 21.6 Å². The third-order valence-corrected chi connectivity index (χ3v) is 6.17. The second-order valence-electron chi connectivity index (χ2n) is 5.81. The van der Waals surface area contributed by atoms with Gasteiger partial charge in [-0.05, 0) is 30.3 Å². The summed E-state index contributed by atoms with van der Waals surface area (Å²) in [5, 5.41) is 6.88. The smallest absolute Gasteiger partial charge is 0.320 e. The molecule has 0 atom stereocenters. The molecule has 3 rings (SSSR count). The molecule has 1 heterocycles. The van der Waals surface area contributed by atoms with Gasteiger partial charge in [-0.3, -0.25) is 0 Å². The molecule has 0 saturated carbocycles. The number of primary sulfonamides is 1. The third-order valence-electron chi connectivity index (χ3n) is 3.86. The second-order valence-corrected chi connectivity index (χ2v) is 8.59. The van der Waals surface area contributed by atoms with Crippen molar-refractivity contribution in [2.45, 2.75) is 11.1 Å². The van der Waals surface area contributed by atoms with Gasteiger partial charge in [-0.1, -0.05) is 23.7 Å². The number of rotatable bonds is 3. The van der Waals surface area contributed by atoms with Gasteiger partial charge in [0.2, 0.25) is 10.0 Å². The zero-order valence-electron chi connectivity index (χ0n) is 14.6. The van der Waals surface area contributed by atoms with Crippen LogP contribution in [0.2, 0.25) is 5.02 Å². The van der Waals surface area contributed by atoms with Crippen molar-refractivity contribution in [3.8, 4) is 11.3 Å². The predicted octanol–water partition coefficient (Wildman–Crippen LogP) is 4.88. The van der Waals surface area contributed by atoms with Gasteiger partial charge in [0.15, 0.2) is 4.80 Å². The number of nitrogens with zero attached hydrogens (tertiary/aromatic N) is 2. The maximum absolute atomic E-state index is 12.9. The Bertz CT molecular complexity index is 1220. The van der Waals surface area contributed by atoms with Crippen LogP contribution in [0.3, 0.4) is 0 Å². The van der Waals surface area contributed by atoms with Gasteiger partial charge in [-0.15, -0.1) is 28.3 Å². The van der Waals surface area contributed by atoms with E-state index >= 15 is 0 Å². The van der Waals surface area contributed by atoms with Crippen molar-refractivity contribution in [2.75, 3.05) is 0 Å². The van der Waals surface area contributed by atoms with E-state index in [-0.39, 0.29) is 32.6 Å². The molecule has 2 N–H and O–H groups in total. The number of nitrogens with two attached hydrogens (primary N) is 1. The van der Waals surface area contributed by atoms with Crippen molar-refractivity contribution >= 4 is 55.6 Å². The summed E-state index contributed by atoms with van der Waals surface area (Å²) in [4.78, 5) is 4.48. The van der Waals surface area contributed by atoms with Gasteiger partial charge < -0.3 is 4.57 Å². The Balaban J connectivity index is 0.00000300. The van der Waals surface area contributed by atoms with Gasteiger partial charge in [0, 0.05) is 18.0 Å². The summed E-state index contributed by atoms with van der Waals surface area (Å²) in [5.41, 5.74) is 0.499. The van der Waals surface area contributed by atoms with Crippen LogP contribution in [0, 0.1) is 0 Å². The first-order valence-corrected chi connectivity index (χ1v) is 10.5. The lowest BCUT2D eigenvalue weighted by Gasteiger charge is -2.07. The lowest BCUT2D eigenvalue weighted by molar-refractivity contribution is -0.137. The fraction of sp³-hybridized carbons (Fsp3) is 0.118. The van der Waals surface area contributed by atoms with E-state index in [9.17, 15) is 21.6 Å². The van der Waals surface area contributed by atoms with E-state index in [0.717, 1.165) is 12.1 Å². The molecule has 3 aromatic rings. The SMILES string of the molecule is Br.Cn1c(-c2ccc(Cl)c(S(N)(=O)=O)c2)cs/c1=N/c1cccc(C(F)(F)F)c1. The van der Waals surface area contributed by atoms with Crippen LogP contribution >= 0.6 is 39.9 Å². The number of sulfonamides is 1. The molecular weight excluding hydrogens is 515 g/mol. The molecule has 0 saturated heterocycles. The van der Waals surface area contributed by atoms with Crippen molar-refractivity contribution in [2.24, 2.45) is 17.2 Å². The lowest BCUT2D eigenvalue weighted by atomic mass is 10.2. The van der Waals surface area contributed by atoms with Gasteiger partial charge in [-0.25, -0.2) is 18.5 Å². The normalized spacial score (nSPS) is 12.7. The van der Waals surface area contributed by atoms with Crippen LogP contribution in [0.25, 0.3) is 11.3 Å². The molecule has 0 aliphatic rings. The highest BCUT2D eigenvalue weighted by atomic mass is 79.9. The molecule has 0 amide bonds. The van der Waals surface area contributed by atoms with Gasteiger partial charge in [0.05, 0.1) is 22.0 Å². The summed E-state index contributed by atoms with van der Waals surface area (Å²) >= 11 is 7.10. The summed E-state index contributed by atoms with van der Waals surface area (Å²) in [6.07, 6.45) is -4.46.